The molecule has 0 aliphatic rings. The number of nitrogens with zero attached hydrogens (tertiary/aromatic N) is 1. The molecule has 27 heavy (non-hydrogen) atoms. The van der Waals surface area contributed by atoms with Crippen LogP contribution in [0.4, 0.5) is 0 Å². The number of rotatable bonds is 8. The maximum Gasteiger partial charge on any atom is 0.224 e. The molecule has 0 bridgehead atoms. The minimum absolute atomic E-state index is 0.0542. The maximum atomic E-state index is 12.4. The van der Waals surface area contributed by atoms with Gasteiger partial charge in [0.2, 0.25) is 5.91 Å². The molecule has 140 valence electrons. The van der Waals surface area contributed by atoms with E-state index in [0.29, 0.717) is 13.0 Å². The average Bonchev–Trinajstić information content (AvgIpc) is 2.71. The topological polar surface area (TPSA) is 32.3 Å². The monoisotopic (exact) mass is 360 g/mol. The second kappa shape index (κ2) is 9.33. The van der Waals surface area contributed by atoms with E-state index < -0.39 is 0 Å². The van der Waals surface area contributed by atoms with Gasteiger partial charge in [0.1, 0.15) is 0 Å². The Morgan fingerprint density at radius 2 is 1.52 bits per heavy atom. The molecule has 1 N–H and O–H groups in total. The lowest BCUT2D eigenvalue weighted by Gasteiger charge is -2.18. The number of fused-ring (bicyclic) bond motifs is 1. The molecule has 3 nitrogen and oxygen atoms in total. The van der Waals surface area contributed by atoms with Crippen molar-refractivity contribution in [3.8, 4) is 0 Å². The van der Waals surface area contributed by atoms with Crippen LogP contribution in [0.1, 0.15) is 30.5 Å². The third-order valence-electron chi connectivity index (χ3n) is 5.04. The lowest BCUT2D eigenvalue weighted by molar-refractivity contribution is -0.120. The molecule has 0 saturated carbocycles. The van der Waals surface area contributed by atoms with Gasteiger partial charge in [-0.05, 0) is 40.6 Å². The number of carbonyl (C=O) groups is 1. The first-order valence-corrected chi connectivity index (χ1v) is 9.73. The number of nitrogens with one attached hydrogen (secondary N) is 1. The molecule has 0 spiro atoms. The summed E-state index contributed by atoms with van der Waals surface area (Å²) in [5, 5.41) is 5.37. The first-order valence-electron chi connectivity index (χ1n) is 9.73. The van der Waals surface area contributed by atoms with E-state index in [1.165, 1.54) is 10.9 Å². The maximum absolute atomic E-state index is 12.4. The second-order valence-electron chi connectivity index (χ2n) is 6.87. The molecule has 0 aliphatic carbocycles. The fourth-order valence-corrected chi connectivity index (χ4v) is 3.35. The number of hydrogen-bond acceptors (Lipinski definition) is 2. The SMILES string of the molecule is CCN(CC)Cc1ccc(CNC(=O)Cc2cccc3ccccc23)cc1. The van der Waals surface area contributed by atoms with Crippen LogP contribution in [0.25, 0.3) is 10.8 Å². The summed E-state index contributed by atoms with van der Waals surface area (Å²) in [4.78, 5) is 14.8. The van der Waals surface area contributed by atoms with Crippen molar-refractivity contribution in [2.45, 2.75) is 33.4 Å². The Labute approximate surface area is 162 Å². The standard InChI is InChI=1S/C24H28N2O/c1-3-26(4-2)18-20-14-12-19(13-15-20)17-25-24(27)16-22-10-7-9-21-8-5-6-11-23(21)22/h5-15H,3-4,16-18H2,1-2H3,(H,25,27). The van der Waals surface area contributed by atoms with Gasteiger partial charge in [-0.2, -0.15) is 0 Å². The van der Waals surface area contributed by atoms with Gasteiger partial charge in [-0.15, -0.1) is 0 Å². The Morgan fingerprint density at radius 3 is 2.26 bits per heavy atom. The van der Waals surface area contributed by atoms with E-state index in [1.54, 1.807) is 0 Å². The van der Waals surface area contributed by atoms with E-state index in [1.807, 2.05) is 24.3 Å². The molecule has 0 aliphatic heterocycles. The zero-order valence-electron chi connectivity index (χ0n) is 16.2. The van der Waals surface area contributed by atoms with E-state index in [2.05, 4.69) is 66.5 Å². The predicted octanol–water partition coefficient (Wildman–Crippen LogP) is 4.54. The smallest absolute Gasteiger partial charge is 0.224 e. The molecule has 0 radical (unpaired) electrons. The number of amides is 1. The Hall–Kier alpha value is -2.65. The van der Waals surface area contributed by atoms with Gasteiger partial charge in [-0.1, -0.05) is 80.6 Å². The molecule has 0 fully saturated rings. The molecule has 3 rings (SSSR count). The van der Waals surface area contributed by atoms with Crippen molar-refractivity contribution in [3.05, 3.63) is 83.4 Å². The van der Waals surface area contributed by atoms with Gasteiger partial charge in [0, 0.05) is 13.1 Å². The Balaban J connectivity index is 1.56. The van der Waals surface area contributed by atoms with Gasteiger partial charge in [0.25, 0.3) is 0 Å². The Morgan fingerprint density at radius 1 is 0.852 bits per heavy atom. The van der Waals surface area contributed by atoms with Crippen LogP contribution in [0.5, 0.6) is 0 Å². The lowest BCUT2D eigenvalue weighted by atomic mass is 10.0. The van der Waals surface area contributed by atoms with Crippen molar-refractivity contribution in [1.82, 2.24) is 10.2 Å². The zero-order valence-corrected chi connectivity index (χ0v) is 16.2. The van der Waals surface area contributed by atoms with Crippen molar-refractivity contribution < 1.29 is 4.79 Å². The molecular weight excluding hydrogens is 332 g/mol. The average molecular weight is 361 g/mol. The molecule has 0 saturated heterocycles. The highest BCUT2D eigenvalue weighted by Gasteiger charge is 2.07. The highest BCUT2D eigenvalue weighted by atomic mass is 16.1. The van der Waals surface area contributed by atoms with Gasteiger partial charge in [0.15, 0.2) is 0 Å². The highest BCUT2D eigenvalue weighted by molar-refractivity contribution is 5.90. The second-order valence-corrected chi connectivity index (χ2v) is 6.87. The van der Waals surface area contributed by atoms with E-state index in [-0.39, 0.29) is 5.91 Å². The molecule has 0 heterocycles. The van der Waals surface area contributed by atoms with E-state index in [0.717, 1.165) is 36.1 Å². The minimum Gasteiger partial charge on any atom is -0.352 e. The molecular formula is C24H28N2O. The number of carbonyl (C=O) groups excluding carboxylic acids is 1. The van der Waals surface area contributed by atoms with E-state index >= 15 is 0 Å². The van der Waals surface area contributed by atoms with Crippen LogP contribution in [0.3, 0.4) is 0 Å². The fraction of sp³-hybridized carbons (Fsp3) is 0.292. The van der Waals surface area contributed by atoms with Crippen molar-refractivity contribution in [2.75, 3.05) is 13.1 Å². The number of benzene rings is 3. The van der Waals surface area contributed by atoms with Crippen LogP contribution in [0.15, 0.2) is 66.7 Å². The largest absolute Gasteiger partial charge is 0.352 e. The fourth-order valence-electron chi connectivity index (χ4n) is 3.35. The number of hydrogen-bond donors (Lipinski definition) is 1. The summed E-state index contributed by atoms with van der Waals surface area (Å²) in [6, 6.07) is 22.9. The molecule has 3 aromatic carbocycles. The molecule has 3 heteroatoms. The van der Waals surface area contributed by atoms with E-state index in [9.17, 15) is 4.79 Å². The van der Waals surface area contributed by atoms with Gasteiger partial charge in [-0.25, -0.2) is 0 Å². The van der Waals surface area contributed by atoms with Gasteiger partial charge >= 0.3 is 0 Å². The third kappa shape index (κ3) is 5.18. The van der Waals surface area contributed by atoms with E-state index in [4.69, 9.17) is 0 Å². The molecule has 0 atom stereocenters. The van der Waals surface area contributed by atoms with Crippen LogP contribution in [-0.2, 0) is 24.3 Å². The first-order chi connectivity index (χ1) is 13.2. The van der Waals surface area contributed by atoms with Crippen molar-refractivity contribution in [2.24, 2.45) is 0 Å². The third-order valence-corrected chi connectivity index (χ3v) is 5.04. The van der Waals surface area contributed by atoms with Crippen molar-refractivity contribution >= 4 is 16.7 Å². The predicted molar refractivity (Wildman–Crippen MR) is 113 cm³/mol. The lowest BCUT2D eigenvalue weighted by Crippen LogP contribution is -2.24. The van der Waals surface area contributed by atoms with Crippen molar-refractivity contribution in [1.29, 1.82) is 0 Å². The molecule has 0 unspecified atom stereocenters. The normalized spacial score (nSPS) is 11.1. The first kappa shape index (κ1) is 19.1. The van der Waals surface area contributed by atoms with Crippen molar-refractivity contribution in [3.63, 3.8) is 0 Å². The van der Waals surface area contributed by atoms with Gasteiger partial charge in [-0.3, -0.25) is 9.69 Å². The zero-order chi connectivity index (χ0) is 19.1. The quantitative estimate of drug-likeness (QED) is 0.640. The van der Waals surface area contributed by atoms with Crippen LogP contribution >= 0.6 is 0 Å². The summed E-state index contributed by atoms with van der Waals surface area (Å²) in [6.45, 7) is 8.02. The Bertz CT molecular complexity index is 877. The summed E-state index contributed by atoms with van der Waals surface area (Å²) >= 11 is 0. The molecule has 1 amide bonds. The summed E-state index contributed by atoms with van der Waals surface area (Å²) < 4.78 is 0. The Kier molecular flexibility index (Phi) is 6.61. The minimum atomic E-state index is 0.0542. The van der Waals surface area contributed by atoms with Crippen LogP contribution < -0.4 is 5.32 Å². The summed E-state index contributed by atoms with van der Waals surface area (Å²) in [5.74, 6) is 0.0542. The summed E-state index contributed by atoms with van der Waals surface area (Å²) in [7, 11) is 0. The molecule has 0 aromatic heterocycles. The summed E-state index contributed by atoms with van der Waals surface area (Å²) in [6.07, 6.45) is 0.404. The highest BCUT2D eigenvalue weighted by Crippen LogP contribution is 2.19. The molecule has 3 aromatic rings. The van der Waals surface area contributed by atoms with Gasteiger partial charge in [0.05, 0.1) is 6.42 Å². The van der Waals surface area contributed by atoms with Crippen LogP contribution in [0.2, 0.25) is 0 Å². The summed E-state index contributed by atoms with van der Waals surface area (Å²) in [5.41, 5.74) is 3.51. The van der Waals surface area contributed by atoms with Gasteiger partial charge < -0.3 is 5.32 Å². The van der Waals surface area contributed by atoms with Crippen LogP contribution in [-0.4, -0.2) is 23.9 Å². The van der Waals surface area contributed by atoms with Crippen LogP contribution in [0, 0.1) is 0 Å².